The molecule has 1 saturated heterocycles. The standard InChI is InChI=1S/C33H40N2O6/c1-2-6-27(22-31(36)41-32(37)30(35)9-3-4-18-34)25-10-12-29(13-11-25)38-23-24-7-5-8-28(21-24)26-14-16-33(17-15-26)39-19-20-40-33/h5,7-8,10-14,21,27,30H,3-4,9,15-20,22-23,34-35H2,1H3/t27?,30-/m0/s1. The fraction of sp³-hybridized carbons (Fsp3) is 0.455. The summed E-state index contributed by atoms with van der Waals surface area (Å²) < 4.78 is 22.7. The molecular weight excluding hydrogens is 520 g/mol. The minimum Gasteiger partial charge on any atom is -0.489 e. The van der Waals surface area contributed by atoms with Crippen molar-refractivity contribution in [3.8, 4) is 17.6 Å². The fourth-order valence-corrected chi connectivity index (χ4v) is 5.10. The summed E-state index contributed by atoms with van der Waals surface area (Å²) in [4.78, 5) is 24.6. The van der Waals surface area contributed by atoms with Gasteiger partial charge in [-0.1, -0.05) is 48.7 Å². The van der Waals surface area contributed by atoms with Gasteiger partial charge in [-0.05, 0) is 73.2 Å². The number of hydrogen-bond acceptors (Lipinski definition) is 8. The molecule has 2 aromatic rings. The Bertz CT molecular complexity index is 1270. The second-order valence-corrected chi connectivity index (χ2v) is 10.4. The van der Waals surface area contributed by atoms with Gasteiger partial charge in [0.1, 0.15) is 18.4 Å². The number of benzene rings is 2. The molecule has 41 heavy (non-hydrogen) atoms. The van der Waals surface area contributed by atoms with Gasteiger partial charge in [-0.25, -0.2) is 4.79 Å². The van der Waals surface area contributed by atoms with Crippen molar-refractivity contribution in [1.29, 1.82) is 0 Å². The first-order chi connectivity index (χ1) is 19.9. The second-order valence-electron chi connectivity index (χ2n) is 10.4. The van der Waals surface area contributed by atoms with E-state index in [0.717, 1.165) is 36.8 Å². The second kappa shape index (κ2) is 14.9. The number of allylic oxidation sites excluding steroid dienone is 1. The molecule has 0 radical (unpaired) electrons. The average molecular weight is 561 g/mol. The molecule has 1 fully saturated rings. The quantitative estimate of drug-likeness (QED) is 0.167. The minimum atomic E-state index is -0.842. The number of unbranched alkanes of at least 4 members (excludes halogenated alkanes) is 1. The van der Waals surface area contributed by atoms with Crippen LogP contribution < -0.4 is 16.2 Å². The van der Waals surface area contributed by atoms with Crippen LogP contribution >= 0.6 is 0 Å². The molecule has 1 heterocycles. The summed E-state index contributed by atoms with van der Waals surface area (Å²) in [6.45, 7) is 4.00. The summed E-state index contributed by atoms with van der Waals surface area (Å²) in [5, 5.41) is 0. The molecule has 0 aromatic heterocycles. The monoisotopic (exact) mass is 560 g/mol. The topological polar surface area (TPSA) is 123 Å². The lowest BCUT2D eigenvalue weighted by molar-refractivity contribution is -0.161. The first-order valence-corrected chi connectivity index (χ1v) is 14.3. The summed E-state index contributed by atoms with van der Waals surface area (Å²) in [7, 11) is 0. The van der Waals surface area contributed by atoms with Crippen LogP contribution in [0.2, 0.25) is 0 Å². The van der Waals surface area contributed by atoms with E-state index in [1.54, 1.807) is 6.92 Å². The first-order valence-electron chi connectivity index (χ1n) is 14.3. The van der Waals surface area contributed by atoms with Crippen LogP contribution in [-0.2, 0) is 30.4 Å². The highest BCUT2D eigenvalue weighted by Crippen LogP contribution is 2.38. The molecule has 1 aliphatic heterocycles. The molecule has 1 spiro atoms. The molecule has 0 saturated carbocycles. The number of hydrogen-bond donors (Lipinski definition) is 2. The summed E-state index contributed by atoms with van der Waals surface area (Å²) >= 11 is 0. The van der Waals surface area contributed by atoms with Crippen molar-refractivity contribution < 1.29 is 28.5 Å². The van der Waals surface area contributed by atoms with Crippen LogP contribution in [0.1, 0.15) is 74.5 Å². The number of carbonyl (C=O) groups excluding carboxylic acids is 2. The van der Waals surface area contributed by atoms with Crippen molar-refractivity contribution >= 4 is 17.5 Å². The van der Waals surface area contributed by atoms with Gasteiger partial charge in [-0.2, -0.15) is 0 Å². The van der Waals surface area contributed by atoms with E-state index in [9.17, 15) is 9.59 Å². The molecule has 2 aromatic carbocycles. The highest BCUT2D eigenvalue weighted by molar-refractivity contribution is 5.88. The third kappa shape index (κ3) is 8.75. The van der Waals surface area contributed by atoms with E-state index in [2.05, 4.69) is 42.2 Å². The normalized spacial score (nSPS) is 17.2. The van der Waals surface area contributed by atoms with Crippen LogP contribution in [0, 0.1) is 11.8 Å². The van der Waals surface area contributed by atoms with E-state index in [0.29, 0.717) is 45.0 Å². The third-order valence-electron chi connectivity index (χ3n) is 7.41. The van der Waals surface area contributed by atoms with E-state index in [1.165, 1.54) is 11.1 Å². The number of nitrogens with two attached hydrogens (primary N) is 2. The van der Waals surface area contributed by atoms with Crippen LogP contribution in [0.15, 0.2) is 54.6 Å². The molecule has 1 aliphatic carbocycles. The molecule has 4 N–H and O–H groups in total. The maximum atomic E-state index is 12.5. The van der Waals surface area contributed by atoms with Crippen molar-refractivity contribution in [3.05, 3.63) is 71.3 Å². The van der Waals surface area contributed by atoms with E-state index >= 15 is 0 Å². The van der Waals surface area contributed by atoms with Gasteiger partial charge in [0.2, 0.25) is 0 Å². The van der Waals surface area contributed by atoms with Crippen molar-refractivity contribution in [1.82, 2.24) is 0 Å². The number of carbonyl (C=O) groups is 2. The van der Waals surface area contributed by atoms with Crippen LogP contribution in [-0.4, -0.2) is 43.5 Å². The molecule has 0 amide bonds. The van der Waals surface area contributed by atoms with Crippen molar-refractivity contribution in [3.63, 3.8) is 0 Å². The van der Waals surface area contributed by atoms with E-state index in [-0.39, 0.29) is 6.42 Å². The van der Waals surface area contributed by atoms with Gasteiger partial charge < -0.3 is 30.4 Å². The Morgan fingerprint density at radius 2 is 1.88 bits per heavy atom. The molecule has 2 atom stereocenters. The zero-order valence-electron chi connectivity index (χ0n) is 23.7. The van der Waals surface area contributed by atoms with Crippen molar-refractivity contribution in [2.75, 3.05) is 19.8 Å². The molecule has 1 unspecified atom stereocenters. The lowest BCUT2D eigenvalue weighted by Crippen LogP contribution is -2.34. The van der Waals surface area contributed by atoms with Crippen molar-refractivity contribution in [2.45, 2.75) is 76.2 Å². The van der Waals surface area contributed by atoms with Crippen LogP contribution in [0.3, 0.4) is 0 Å². The molecule has 8 heteroatoms. The van der Waals surface area contributed by atoms with Crippen LogP contribution in [0.25, 0.3) is 5.57 Å². The zero-order chi connectivity index (χ0) is 29.1. The lowest BCUT2D eigenvalue weighted by atomic mass is 9.89. The van der Waals surface area contributed by atoms with Crippen molar-refractivity contribution in [2.24, 2.45) is 11.5 Å². The Balaban J connectivity index is 1.30. The van der Waals surface area contributed by atoms with Gasteiger partial charge in [-0.15, -0.1) is 5.92 Å². The van der Waals surface area contributed by atoms with Crippen LogP contribution in [0.4, 0.5) is 0 Å². The summed E-state index contributed by atoms with van der Waals surface area (Å²) in [6.07, 6.45) is 6.63. The number of rotatable bonds is 12. The third-order valence-corrected chi connectivity index (χ3v) is 7.41. The van der Waals surface area contributed by atoms with Gasteiger partial charge in [-0.3, -0.25) is 4.79 Å². The Morgan fingerprint density at radius 1 is 1.10 bits per heavy atom. The molecule has 8 nitrogen and oxygen atoms in total. The molecular formula is C33H40N2O6. The maximum absolute atomic E-state index is 12.5. The molecule has 218 valence electrons. The minimum absolute atomic E-state index is 0.0513. The number of esters is 2. The van der Waals surface area contributed by atoms with E-state index in [4.69, 9.17) is 30.4 Å². The molecule has 0 bridgehead atoms. The van der Waals surface area contributed by atoms with Gasteiger partial charge in [0.25, 0.3) is 0 Å². The highest BCUT2D eigenvalue weighted by Gasteiger charge is 2.37. The number of ether oxygens (including phenoxy) is 4. The van der Waals surface area contributed by atoms with Gasteiger partial charge in [0.05, 0.1) is 25.6 Å². The zero-order valence-corrected chi connectivity index (χ0v) is 23.7. The highest BCUT2D eigenvalue weighted by atomic mass is 16.7. The Kier molecular flexibility index (Phi) is 11.1. The summed E-state index contributed by atoms with van der Waals surface area (Å²) in [6, 6.07) is 15.0. The molecule has 4 rings (SSSR count). The Labute approximate surface area is 242 Å². The summed E-state index contributed by atoms with van der Waals surface area (Å²) in [5.74, 6) is 4.40. The first kappa shape index (κ1) is 30.5. The molecule has 2 aliphatic rings. The Hall–Kier alpha value is -3.48. The smallest absolute Gasteiger partial charge is 0.330 e. The van der Waals surface area contributed by atoms with Gasteiger partial charge in [0.15, 0.2) is 5.79 Å². The van der Waals surface area contributed by atoms with Crippen LogP contribution in [0.5, 0.6) is 5.75 Å². The predicted octanol–water partition coefficient (Wildman–Crippen LogP) is 4.60. The van der Waals surface area contributed by atoms with Gasteiger partial charge in [0, 0.05) is 12.8 Å². The van der Waals surface area contributed by atoms with E-state index in [1.807, 2.05) is 24.3 Å². The average Bonchev–Trinajstić information content (AvgIpc) is 3.44. The predicted molar refractivity (Wildman–Crippen MR) is 156 cm³/mol. The van der Waals surface area contributed by atoms with Gasteiger partial charge >= 0.3 is 11.9 Å². The SMILES string of the molecule is CC#CC(CC(=O)OC(=O)[C@@H](N)CCCCN)c1ccc(OCc2cccc(C3=CCC4(CC3)OCCO4)c2)cc1. The maximum Gasteiger partial charge on any atom is 0.330 e. The summed E-state index contributed by atoms with van der Waals surface area (Å²) in [5.41, 5.74) is 15.7. The Morgan fingerprint density at radius 3 is 2.56 bits per heavy atom. The lowest BCUT2D eigenvalue weighted by Gasteiger charge is -2.30. The largest absolute Gasteiger partial charge is 0.489 e. The van der Waals surface area contributed by atoms with E-state index < -0.39 is 29.7 Å². The fourth-order valence-electron chi connectivity index (χ4n) is 5.10.